The fourth-order valence-corrected chi connectivity index (χ4v) is 4.28. The van der Waals surface area contributed by atoms with Crippen LogP contribution < -0.4 is 19.8 Å². The Balaban J connectivity index is 1.66. The van der Waals surface area contributed by atoms with Crippen LogP contribution in [0.25, 0.3) is 11.0 Å². The predicted molar refractivity (Wildman–Crippen MR) is 125 cm³/mol. The van der Waals surface area contributed by atoms with Crippen molar-refractivity contribution in [3.05, 3.63) is 87.5 Å². The molecule has 0 radical (unpaired) electrons. The third-order valence-electron chi connectivity index (χ3n) is 5.10. The van der Waals surface area contributed by atoms with Crippen LogP contribution in [0.5, 0.6) is 11.6 Å². The Morgan fingerprint density at radius 2 is 1.91 bits per heavy atom. The van der Waals surface area contributed by atoms with Crippen molar-refractivity contribution in [2.75, 3.05) is 11.3 Å². The smallest absolute Gasteiger partial charge is 0.340 e. The molecule has 12 heteroatoms. The van der Waals surface area contributed by atoms with E-state index < -0.39 is 33.3 Å². The number of hydrogen-bond donors (Lipinski definition) is 2. The van der Waals surface area contributed by atoms with E-state index in [9.17, 15) is 22.0 Å². The van der Waals surface area contributed by atoms with Gasteiger partial charge in [-0.15, -0.1) is 0 Å². The van der Waals surface area contributed by atoms with E-state index in [2.05, 4.69) is 14.7 Å². The lowest BCUT2D eigenvalue weighted by molar-refractivity contribution is 0.422. The molecule has 3 aromatic heterocycles. The molecule has 0 atom stereocenters. The summed E-state index contributed by atoms with van der Waals surface area (Å²) in [4.78, 5) is 20.3. The third-order valence-corrected chi connectivity index (χ3v) is 6.23. The summed E-state index contributed by atoms with van der Waals surface area (Å²) in [6.07, 6.45) is 2.46. The summed E-state index contributed by atoms with van der Waals surface area (Å²) < 4.78 is 67.7. The number of anilines is 1. The number of rotatable bonds is 8. The average Bonchev–Trinajstić information content (AvgIpc) is 2.80. The number of nitrogens with one attached hydrogen (secondary N) is 2. The molecular formula is C23H20F2N4O5S. The van der Waals surface area contributed by atoms with Crippen LogP contribution in [-0.2, 0) is 16.6 Å². The van der Waals surface area contributed by atoms with Gasteiger partial charge in [0.1, 0.15) is 11.3 Å². The number of pyridine rings is 2. The molecule has 4 rings (SSSR count). The van der Waals surface area contributed by atoms with Crippen LogP contribution in [-0.4, -0.2) is 24.9 Å². The van der Waals surface area contributed by atoms with Gasteiger partial charge in [0.2, 0.25) is 0 Å². The highest BCUT2D eigenvalue weighted by molar-refractivity contribution is 7.90. The Morgan fingerprint density at radius 1 is 1.11 bits per heavy atom. The molecule has 0 unspecified atom stereocenters. The number of nitrogens with zero attached hydrogens (tertiary/aromatic N) is 2. The van der Waals surface area contributed by atoms with Crippen molar-refractivity contribution in [2.45, 2.75) is 20.3 Å². The zero-order chi connectivity index (χ0) is 25.2. The quantitative estimate of drug-likeness (QED) is 0.351. The molecule has 1 aromatic carbocycles. The standard InChI is InChI=1S/C23H20F2N4O5S/c1-3-28-35(31,32)29-21-20(25)14(8-10-26-21)11-17-13(2)16-7-6-15(12-19(16)34-23(17)30)33-22-18(24)5-4-9-27-22/h4-10,12,28H,3,11H2,1-2H3,(H,26,29). The van der Waals surface area contributed by atoms with E-state index in [1.54, 1.807) is 26.0 Å². The Morgan fingerprint density at radius 3 is 2.66 bits per heavy atom. The number of aryl methyl sites for hydroxylation is 1. The van der Waals surface area contributed by atoms with Crippen LogP contribution in [0.4, 0.5) is 14.6 Å². The van der Waals surface area contributed by atoms with Crippen molar-refractivity contribution in [3.63, 3.8) is 0 Å². The van der Waals surface area contributed by atoms with Gasteiger partial charge in [0.25, 0.3) is 16.1 Å². The fraction of sp³-hybridized carbons (Fsp3) is 0.174. The maximum Gasteiger partial charge on any atom is 0.340 e. The van der Waals surface area contributed by atoms with Crippen LogP contribution in [0, 0.1) is 18.6 Å². The molecule has 0 bridgehead atoms. The molecule has 0 fully saturated rings. The van der Waals surface area contributed by atoms with Gasteiger partial charge in [0, 0.05) is 42.4 Å². The fourth-order valence-electron chi connectivity index (χ4n) is 3.44. The van der Waals surface area contributed by atoms with E-state index in [-0.39, 0.29) is 41.3 Å². The second-order valence-corrected chi connectivity index (χ2v) is 8.96. The Hall–Kier alpha value is -3.90. The molecule has 0 saturated carbocycles. The topological polar surface area (TPSA) is 123 Å². The highest BCUT2D eigenvalue weighted by Gasteiger charge is 2.19. The first-order valence-corrected chi connectivity index (χ1v) is 11.9. The first-order chi connectivity index (χ1) is 16.7. The Labute approximate surface area is 199 Å². The molecule has 0 aliphatic carbocycles. The van der Waals surface area contributed by atoms with E-state index in [1.165, 1.54) is 36.7 Å². The second kappa shape index (κ2) is 9.76. The first-order valence-electron chi connectivity index (χ1n) is 10.4. The zero-order valence-electron chi connectivity index (χ0n) is 18.6. The molecule has 4 aromatic rings. The maximum atomic E-state index is 15.0. The molecule has 3 heterocycles. The number of halogens is 2. The van der Waals surface area contributed by atoms with Crippen LogP contribution in [0.15, 0.2) is 58.0 Å². The number of hydrogen-bond acceptors (Lipinski definition) is 7. The van der Waals surface area contributed by atoms with Crippen molar-refractivity contribution < 1.29 is 26.4 Å². The number of aromatic nitrogens is 2. The zero-order valence-corrected chi connectivity index (χ0v) is 19.4. The van der Waals surface area contributed by atoms with Crippen molar-refractivity contribution >= 4 is 27.0 Å². The van der Waals surface area contributed by atoms with Crippen molar-refractivity contribution in [1.29, 1.82) is 0 Å². The van der Waals surface area contributed by atoms with Crippen molar-refractivity contribution in [1.82, 2.24) is 14.7 Å². The van der Waals surface area contributed by atoms with Crippen molar-refractivity contribution in [3.8, 4) is 11.6 Å². The summed E-state index contributed by atoms with van der Waals surface area (Å²) in [5.74, 6) is -2.06. The van der Waals surface area contributed by atoms with E-state index in [0.29, 0.717) is 10.9 Å². The van der Waals surface area contributed by atoms with Crippen LogP contribution in [0.1, 0.15) is 23.6 Å². The van der Waals surface area contributed by atoms with Gasteiger partial charge in [-0.3, -0.25) is 4.72 Å². The Bertz CT molecular complexity index is 1570. The SMILES string of the molecule is CCNS(=O)(=O)Nc1nccc(Cc2c(C)c3ccc(Oc4ncccc4F)cc3oc2=O)c1F. The lowest BCUT2D eigenvalue weighted by Gasteiger charge is -2.12. The molecule has 35 heavy (non-hydrogen) atoms. The normalized spacial score (nSPS) is 11.5. The summed E-state index contributed by atoms with van der Waals surface area (Å²) >= 11 is 0. The van der Waals surface area contributed by atoms with Gasteiger partial charge in [-0.2, -0.15) is 13.1 Å². The molecular weight excluding hydrogens is 482 g/mol. The van der Waals surface area contributed by atoms with Gasteiger partial charge in [0.15, 0.2) is 17.5 Å². The van der Waals surface area contributed by atoms with Gasteiger partial charge in [-0.1, -0.05) is 6.92 Å². The molecule has 9 nitrogen and oxygen atoms in total. The molecule has 0 amide bonds. The lowest BCUT2D eigenvalue weighted by atomic mass is 10.00. The third kappa shape index (κ3) is 5.28. The molecule has 0 saturated heterocycles. The highest BCUT2D eigenvalue weighted by Crippen LogP contribution is 2.29. The van der Waals surface area contributed by atoms with E-state index in [1.807, 2.05) is 4.72 Å². The summed E-state index contributed by atoms with van der Waals surface area (Å²) in [6.45, 7) is 3.37. The highest BCUT2D eigenvalue weighted by atomic mass is 32.2. The molecule has 2 N–H and O–H groups in total. The molecule has 182 valence electrons. The summed E-state index contributed by atoms with van der Waals surface area (Å²) in [6, 6.07) is 8.61. The van der Waals surface area contributed by atoms with E-state index in [4.69, 9.17) is 9.15 Å². The summed E-state index contributed by atoms with van der Waals surface area (Å²) in [5.41, 5.74) is 0.265. The minimum atomic E-state index is -3.99. The minimum Gasteiger partial charge on any atom is -0.436 e. The number of fused-ring (bicyclic) bond motifs is 1. The largest absolute Gasteiger partial charge is 0.436 e. The average molecular weight is 502 g/mol. The monoisotopic (exact) mass is 502 g/mol. The maximum absolute atomic E-state index is 15.0. The van der Waals surface area contributed by atoms with Gasteiger partial charge < -0.3 is 9.15 Å². The van der Waals surface area contributed by atoms with Crippen molar-refractivity contribution in [2.24, 2.45) is 0 Å². The van der Waals surface area contributed by atoms with Crippen LogP contribution >= 0.6 is 0 Å². The summed E-state index contributed by atoms with van der Waals surface area (Å²) in [5, 5.41) is 0.566. The van der Waals surface area contributed by atoms with Crippen LogP contribution in [0.3, 0.4) is 0 Å². The minimum absolute atomic E-state index is 0.0505. The van der Waals surface area contributed by atoms with Gasteiger partial charge >= 0.3 is 5.63 Å². The molecule has 0 aliphatic rings. The predicted octanol–water partition coefficient (Wildman–Crippen LogP) is 3.82. The number of ether oxygens (including phenoxy) is 1. The number of benzene rings is 1. The summed E-state index contributed by atoms with van der Waals surface area (Å²) in [7, 11) is -3.99. The lowest BCUT2D eigenvalue weighted by Crippen LogP contribution is -2.30. The van der Waals surface area contributed by atoms with Gasteiger partial charge in [-0.05, 0) is 48.4 Å². The Kier molecular flexibility index (Phi) is 6.76. The second-order valence-electron chi connectivity index (χ2n) is 7.46. The van der Waals surface area contributed by atoms with Gasteiger partial charge in [-0.25, -0.2) is 23.5 Å². The molecule has 0 spiro atoms. The van der Waals surface area contributed by atoms with E-state index >= 15 is 0 Å². The molecule has 0 aliphatic heterocycles. The van der Waals surface area contributed by atoms with Crippen LogP contribution in [0.2, 0.25) is 0 Å². The van der Waals surface area contributed by atoms with E-state index in [0.717, 1.165) is 0 Å². The van der Waals surface area contributed by atoms with Gasteiger partial charge in [0.05, 0.1) is 0 Å². The first kappa shape index (κ1) is 24.2.